The van der Waals surface area contributed by atoms with Crippen LogP contribution in [-0.4, -0.2) is 17.8 Å². The number of aliphatic hydroxyl groups is 1. The van der Waals surface area contributed by atoms with Gasteiger partial charge in [-0.15, -0.1) is 0 Å². The van der Waals surface area contributed by atoms with E-state index in [9.17, 15) is 5.11 Å². The first-order valence-electron chi connectivity index (χ1n) is 5.60. The van der Waals surface area contributed by atoms with Crippen molar-refractivity contribution < 1.29 is 5.11 Å². The number of hydrogen-bond acceptors (Lipinski definition) is 2. The second-order valence-corrected chi connectivity index (χ2v) is 4.89. The van der Waals surface area contributed by atoms with Crippen LogP contribution in [0.3, 0.4) is 0 Å². The SMILES string of the molecule is Cc1cc(Cl)c(C(C)CC(O)CN)cc1C. The molecule has 2 atom stereocenters. The summed E-state index contributed by atoms with van der Waals surface area (Å²) in [6.07, 6.45) is 0.200. The molecule has 3 N–H and O–H groups in total. The second-order valence-electron chi connectivity index (χ2n) is 4.48. The maximum absolute atomic E-state index is 9.54. The summed E-state index contributed by atoms with van der Waals surface area (Å²) in [5.41, 5.74) is 8.93. The molecule has 0 aliphatic rings. The van der Waals surface area contributed by atoms with Gasteiger partial charge in [-0.3, -0.25) is 0 Å². The van der Waals surface area contributed by atoms with E-state index < -0.39 is 6.10 Å². The summed E-state index contributed by atoms with van der Waals surface area (Å²) in [5, 5.41) is 10.3. The minimum absolute atomic E-state index is 0.227. The van der Waals surface area contributed by atoms with E-state index >= 15 is 0 Å². The molecule has 0 amide bonds. The number of halogens is 1. The highest BCUT2D eigenvalue weighted by atomic mass is 35.5. The fraction of sp³-hybridized carbons (Fsp3) is 0.538. The zero-order valence-corrected chi connectivity index (χ0v) is 10.9. The van der Waals surface area contributed by atoms with Gasteiger partial charge in [0.2, 0.25) is 0 Å². The van der Waals surface area contributed by atoms with E-state index in [1.54, 1.807) is 0 Å². The van der Waals surface area contributed by atoms with Gasteiger partial charge in [0.05, 0.1) is 6.10 Å². The molecule has 0 saturated heterocycles. The summed E-state index contributed by atoms with van der Waals surface area (Å²) in [7, 11) is 0. The predicted molar refractivity (Wildman–Crippen MR) is 69.0 cm³/mol. The Hall–Kier alpha value is -0.570. The van der Waals surface area contributed by atoms with Crippen LogP contribution in [0.25, 0.3) is 0 Å². The molecule has 90 valence electrons. The Bertz CT molecular complexity index is 365. The highest BCUT2D eigenvalue weighted by molar-refractivity contribution is 6.31. The molecule has 0 aromatic heterocycles. The zero-order chi connectivity index (χ0) is 12.3. The van der Waals surface area contributed by atoms with E-state index in [1.807, 2.05) is 13.0 Å². The highest BCUT2D eigenvalue weighted by Gasteiger charge is 2.14. The van der Waals surface area contributed by atoms with Gasteiger partial charge in [0.1, 0.15) is 0 Å². The number of hydrogen-bond donors (Lipinski definition) is 2. The molecule has 2 unspecified atom stereocenters. The average molecular weight is 242 g/mol. The van der Waals surface area contributed by atoms with Gasteiger partial charge < -0.3 is 10.8 Å². The first-order valence-corrected chi connectivity index (χ1v) is 5.98. The molecule has 0 bridgehead atoms. The number of aliphatic hydroxyl groups excluding tert-OH is 1. The lowest BCUT2D eigenvalue weighted by Gasteiger charge is -2.18. The first kappa shape index (κ1) is 13.5. The van der Waals surface area contributed by atoms with Crippen molar-refractivity contribution in [3.63, 3.8) is 0 Å². The van der Waals surface area contributed by atoms with Crippen molar-refractivity contribution in [2.24, 2.45) is 5.73 Å². The first-order chi connectivity index (χ1) is 7.45. The lowest BCUT2D eigenvalue weighted by atomic mass is 9.92. The van der Waals surface area contributed by atoms with Crippen LogP contribution in [0.4, 0.5) is 0 Å². The van der Waals surface area contributed by atoms with Crippen LogP contribution in [0.1, 0.15) is 36.0 Å². The molecule has 1 rings (SSSR count). The molecule has 0 radical (unpaired) electrons. The van der Waals surface area contributed by atoms with Crippen molar-refractivity contribution in [3.8, 4) is 0 Å². The van der Waals surface area contributed by atoms with Gasteiger partial charge in [-0.1, -0.05) is 24.6 Å². The summed E-state index contributed by atoms with van der Waals surface area (Å²) >= 11 is 6.21. The van der Waals surface area contributed by atoms with Crippen LogP contribution in [0.5, 0.6) is 0 Å². The van der Waals surface area contributed by atoms with Crippen molar-refractivity contribution in [1.82, 2.24) is 0 Å². The van der Waals surface area contributed by atoms with Crippen molar-refractivity contribution in [2.45, 2.75) is 39.2 Å². The minimum Gasteiger partial charge on any atom is -0.392 e. The third-order valence-electron chi connectivity index (χ3n) is 3.04. The number of rotatable bonds is 4. The Labute approximate surface area is 102 Å². The van der Waals surface area contributed by atoms with Gasteiger partial charge in [0, 0.05) is 11.6 Å². The Morgan fingerprint density at radius 1 is 1.31 bits per heavy atom. The molecule has 1 aromatic rings. The molecular formula is C13H20ClNO. The highest BCUT2D eigenvalue weighted by Crippen LogP contribution is 2.30. The van der Waals surface area contributed by atoms with Crippen LogP contribution in [0.15, 0.2) is 12.1 Å². The number of benzene rings is 1. The largest absolute Gasteiger partial charge is 0.392 e. The molecule has 0 fully saturated rings. The van der Waals surface area contributed by atoms with Crippen molar-refractivity contribution in [2.75, 3.05) is 6.54 Å². The van der Waals surface area contributed by atoms with E-state index in [-0.39, 0.29) is 5.92 Å². The van der Waals surface area contributed by atoms with Gasteiger partial charge >= 0.3 is 0 Å². The Kier molecular flexibility index (Phi) is 4.78. The Morgan fingerprint density at radius 2 is 1.88 bits per heavy atom. The van der Waals surface area contributed by atoms with Crippen molar-refractivity contribution in [3.05, 3.63) is 33.8 Å². The van der Waals surface area contributed by atoms with Gasteiger partial charge in [-0.25, -0.2) is 0 Å². The lowest BCUT2D eigenvalue weighted by Crippen LogP contribution is -2.21. The van der Waals surface area contributed by atoms with Crippen LogP contribution in [0.2, 0.25) is 5.02 Å². The summed E-state index contributed by atoms with van der Waals surface area (Å²) in [6, 6.07) is 4.09. The number of nitrogens with two attached hydrogens (primary N) is 1. The van der Waals surface area contributed by atoms with E-state index in [0.29, 0.717) is 13.0 Å². The minimum atomic E-state index is -0.451. The van der Waals surface area contributed by atoms with Crippen LogP contribution < -0.4 is 5.73 Å². The molecule has 0 spiro atoms. The van der Waals surface area contributed by atoms with Gasteiger partial charge in [-0.05, 0) is 48.9 Å². The zero-order valence-electron chi connectivity index (χ0n) is 10.1. The summed E-state index contributed by atoms with van der Waals surface area (Å²) < 4.78 is 0. The maximum Gasteiger partial charge on any atom is 0.0668 e. The van der Waals surface area contributed by atoms with Crippen LogP contribution >= 0.6 is 11.6 Å². The summed E-state index contributed by atoms with van der Waals surface area (Å²) in [5.74, 6) is 0.227. The molecular weight excluding hydrogens is 222 g/mol. The number of aryl methyl sites for hydroxylation is 2. The van der Waals surface area contributed by atoms with E-state index in [2.05, 4.69) is 19.9 Å². The second kappa shape index (κ2) is 5.67. The summed E-state index contributed by atoms with van der Waals surface area (Å²) in [4.78, 5) is 0. The molecule has 0 aliphatic heterocycles. The maximum atomic E-state index is 9.54. The quantitative estimate of drug-likeness (QED) is 0.852. The standard InChI is InChI=1S/C13H20ClNO/c1-8-5-12(13(14)6-9(8)2)10(3)4-11(16)7-15/h5-6,10-11,16H,4,7,15H2,1-3H3. The van der Waals surface area contributed by atoms with E-state index in [0.717, 1.165) is 10.6 Å². The Morgan fingerprint density at radius 3 is 2.44 bits per heavy atom. The normalized spacial score (nSPS) is 14.9. The Balaban J connectivity index is 2.91. The predicted octanol–water partition coefficient (Wildman–Crippen LogP) is 2.77. The van der Waals surface area contributed by atoms with Crippen molar-refractivity contribution in [1.29, 1.82) is 0 Å². The fourth-order valence-corrected chi connectivity index (χ4v) is 2.22. The van der Waals surface area contributed by atoms with Gasteiger partial charge in [0.25, 0.3) is 0 Å². The third-order valence-corrected chi connectivity index (χ3v) is 3.37. The monoisotopic (exact) mass is 241 g/mol. The molecule has 16 heavy (non-hydrogen) atoms. The smallest absolute Gasteiger partial charge is 0.0668 e. The van der Waals surface area contributed by atoms with Crippen molar-refractivity contribution >= 4 is 11.6 Å². The topological polar surface area (TPSA) is 46.2 Å². The van der Waals surface area contributed by atoms with E-state index in [4.69, 9.17) is 17.3 Å². The van der Waals surface area contributed by atoms with Gasteiger partial charge in [0.15, 0.2) is 0 Å². The third kappa shape index (κ3) is 3.21. The molecule has 0 aliphatic carbocycles. The molecule has 3 heteroatoms. The molecule has 1 aromatic carbocycles. The average Bonchev–Trinajstić information content (AvgIpc) is 2.23. The molecule has 0 saturated carbocycles. The van der Waals surface area contributed by atoms with E-state index in [1.165, 1.54) is 11.1 Å². The summed E-state index contributed by atoms with van der Waals surface area (Å²) in [6.45, 7) is 6.48. The lowest BCUT2D eigenvalue weighted by molar-refractivity contribution is 0.165. The van der Waals surface area contributed by atoms with Crippen LogP contribution in [0, 0.1) is 13.8 Å². The van der Waals surface area contributed by atoms with Gasteiger partial charge in [-0.2, -0.15) is 0 Å². The molecule has 2 nitrogen and oxygen atoms in total. The van der Waals surface area contributed by atoms with Crippen LogP contribution in [-0.2, 0) is 0 Å². The fourth-order valence-electron chi connectivity index (χ4n) is 1.81. The molecule has 0 heterocycles.